The van der Waals surface area contributed by atoms with Gasteiger partial charge in [-0.2, -0.15) is 0 Å². The predicted octanol–water partition coefficient (Wildman–Crippen LogP) is -0.0436. The van der Waals surface area contributed by atoms with Gasteiger partial charge in [-0.05, 0) is 12.1 Å². The molecule has 0 aliphatic carbocycles. The summed E-state index contributed by atoms with van der Waals surface area (Å²) in [5.74, 6) is -0.587. The molecular formula is C16H16FN3O5. The molecule has 8 nitrogen and oxygen atoms in total. The minimum Gasteiger partial charge on any atom is -0.459 e. The monoisotopic (exact) mass is 349 g/mol. The van der Waals surface area contributed by atoms with E-state index in [1.54, 1.807) is 30.3 Å². The average Bonchev–Trinajstić information content (AvgIpc) is 2.89. The summed E-state index contributed by atoms with van der Waals surface area (Å²) in [5.41, 5.74) is 4.71. The maximum absolute atomic E-state index is 14.4. The van der Waals surface area contributed by atoms with Crippen molar-refractivity contribution in [3.05, 3.63) is 69.0 Å². The first-order valence-corrected chi connectivity index (χ1v) is 7.56. The van der Waals surface area contributed by atoms with Crippen LogP contribution in [0.15, 0.2) is 52.2 Å². The largest absolute Gasteiger partial charge is 0.459 e. The number of halogens is 1. The highest BCUT2D eigenvalue weighted by Gasteiger charge is 2.45. The molecule has 4 atom stereocenters. The lowest BCUT2D eigenvalue weighted by Gasteiger charge is -2.16. The van der Waals surface area contributed by atoms with Crippen molar-refractivity contribution in [1.29, 1.82) is 0 Å². The summed E-state index contributed by atoms with van der Waals surface area (Å²) < 4.78 is 25.9. The van der Waals surface area contributed by atoms with Gasteiger partial charge in [0.1, 0.15) is 12.7 Å². The number of benzene rings is 1. The van der Waals surface area contributed by atoms with Crippen LogP contribution in [0.4, 0.5) is 4.39 Å². The highest BCUT2D eigenvalue weighted by Crippen LogP contribution is 2.29. The Labute approximate surface area is 141 Å². The highest BCUT2D eigenvalue weighted by atomic mass is 19.1. The molecule has 3 rings (SSSR count). The number of nitrogens with two attached hydrogens (primary N) is 1. The fourth-order valence-corrected chi connectivity index (χ4v) is 2.55. The molecule has 2 unspecified atom stereocenters. The summed E-state index contributed by atoms with van der Waals surface area (Å²) in [5, 5.41) is 0. The Morgan fingerprint density at radius 2 is 2.00 bits per heavy atom. The Bertz CT molecular complexity index is 866. The summed E-state index contributed by atoms with van der Waals surface area (Å²) >= 11 is 0. The molecule has 3 N–H and O–H groups in total. The van der Waals surface area contributed by atoms with E-state index >= 15 is 0 Å². The van der Waals surface area contributed by atoms with Crippen molar-refractivity contribution in [1.82, 2.24) is 9.55 Å². The topological polar surface area (TPSA) is 116 Å². The van der Waals surface area contributed by atoms with Gasteiger partial charge in [-0.25, -0.2) is 14.0 Å². The lowest BCUT2D eigenvalue weighted by molar-refractivity contribution is -0.0465. The fraction of sp³-hybridized carbons (Fsp3) is 0.312. The molecular weight excluding hydrogens is 333 g/mol. The van der Waals surface area contributed by atoms with Crippen molar-refractivity contribution in [2.24, 2.45) is 5.73 Å². The molecule has 1 aromatic heterocycles. The van der Waals surface area contributed by atoms with Gasteiger partial charge in [-0.3, -0.25) is 14.3 Å². The van der Waals surface area contributed by atoms with Crippen LogP contribution in [0.2, 0.25) is 0 Å². The van der Waals surface area contributed by atoms with Crippen LogP contribution in [0.25, 0.3) is 0 Å². The quantitative estimate of drug-likeness (QED) is 0.748. The first kappa shape index (κ1) is 17.1. The molecule has 25 heavy (non-hydrogen) atoms. The van der Waals surface area contributed by atoms with Gasteiger partial charge >= 0.3 is 11.7 Å². The second kappa shape index (κ2) is 6.99. The number of ether oxygens (including phenoxy) is 2. The predicted molar refractivity (Wildman–Crippen MR) is 84.8 cm³/mol. The van der Waals surface area contributed by atoms with E-state index in [-0.39, 0.29) is 6.61 Å². The number of hydrogen-bond acceptors (Lipinski definition) is 6. The Morgan fingerprint density at radius 3 is 2.68 bits per heavy atom. The zero-order chi connectivity index (χ0) is 18.0. The van der Waals surface area contributed by atoms with Crippen LogP contribution in [0.5, 0.6) is 0 Å². The number of H-pyrrole nitrogens is 1. The molecule has 0 spiro atoms. The summed E-state index contributed by atoms with van der Waals surface area (Å²) in [6.45, 7) is -0.260. The number of rotatable bonds is 4. The van der Waals surface area contributed by atoms with Gasteiger partial charge in [0.15, 0.2) is 12.4 Å². The third-order valence-corrected chi connectivity index (χ3v) is 3.90. The molecule has 1 saturated heterocycles. The van der Waals surface area contributed by atoms with Gasteiger partial charge in [-0.15, -0.1) is 0 Å². The Morgan fingerprint density at radius 1 is 1.28 bits per heavy atom. The van der Waals surface area contributed by atoms with Gasteiger partial charge in [-0.1, -0.05) is 18.2 Å². The third kappa shape index (κ3) is 3.52. The summed E-state index contributed by atoms with van der Waals surface area (Å²) in [6.07, 6.45) is -2.81. The Balaban J connectivity index is 1.69. The number of carbonyl (C=O) groups excluding carboxylic acids is 1. The molecule has 1 aliphatic rings. The van der Waals surface area contributed by atoms with Gasteiger partial charge in [0, 0.05) is 12.3 Å². The Kier molecular flexibility index (Phi) is 4.77. The van der Waals surface area contributed by atoms with Gasteiger partial charge in [0.05, 0.1) is 11.6 Å². The molecule has 1 aromatic carbocycles. The van der Waals surface area contributed by atoms with Crippen molar-refractivity contribution >= 4 is 5.97 Å². The average molecular weight is 349 g/mol. The van der Waals surface area contributed by atoms with Crippen LogP contribution in [0, 0.1) is 0 Å². The molecule has 2 aromatic rings. The molecule has 0 amide bonds. The van der Waals surface area contributed by atoms with E-state index < -0.39 is 41.8 Å². The maximum atomic E-state index is 14.4. The third-order valence-electron chi connectivity index (χ3n) is 3.90. The van der Waals surface area contributed by atoms with E-state index in [4.69, 9.17) is 15.2 Å². The van der Waals surface area contributed by atoms with Crippen LogP contribution < -0.4 is 17.0 Å². The minimum atomic E-state index is -1.70. The zero-order valence-electron chi connectivity index (χ0n) is 13.0. The number of aromatic amines is 1. The summed E-state index contributed by atoms with van der Waals surface area (Å²) in [6, 6.07) is 8.28. The molecule has 132 valence electrons. The van der Waals surface area contributed by atoms with Crippen LogP contribution in [0.3, 0.4) is 0 Å². The SMILES string of the molecule is NC1C(F)[C@@H](n2ccc(=O)[nH]c2=O)O[C@H]1COC(=O)c1ccccc1. The van der Waals surface area contributed by atoms with Crippen molar-refractivity contribution in [2.45, 2.75) is 24.5 Å². The lowest BCUT2D eigenvalue weighted by Crippen LogP contribution is -2.41. The van der Waals surface area contributed by atoms with E-state index in [0.29, 0.717) is 5.56 Å². The van der Waals surface area contributed by atoms with E-state index in [9.17, 15) is 18.8 Å². The van der Waals surface area contributed by atoms with E-state index in [2.05, 4.69) is 0 Å². The van der Waals surface area contributed by atoms with Crippen LogP contribution >= 0.6 is 0 Å². The van der Waals surface area contributed by atoms with Gasteiger partial charge < -0.3 is 15.2 Å². The normalized spacial score (nSPS) is 25.7. The summed E-state index contributed by atoms with van der Waals surface area (Å²) in [4.78, 5) is 36.8. The first-order chi connectivity index (χ1) is 12.0. The molecule has 0 bridgehead atoms. The molecule has 1 aliphatic heterocycles. The van der Waals surface area contributed by atoms with Crippen LogP contribution in [-0.2, 0) is 9.47 Å². The fourth-order valence-electron chi connectivity index (χ4n) is 2.55. The molecule has 0 saturated carbocycles. The number of carbonyl (C=O) groups is 1. The number of hydrogen-bond donors (Lipinski definition) is 2. The van der Waals surface area contributed by atoms with Crippen molar-refractivity contribution < 1.29 is 18.7 Å². The van der Waals surface area contributed by atoms with E-state index in [1.807, 2.05) is 4.98 Å². The first-order valence-electron chi connectivity index (χ1n) is 7.56. The molecule has 2 heterocycles. The van der Waals surface area contributed by atoms with E-state index in [0.717, 1.165) is 16.8 Å². The van der Waals surface area contributed by atoms with Gasteiger partial charge in [0.2, 0.25) is 0 Å². The second-order valence-corrected chi connectivity index (χ2v) is 5.57. The van der Waals surface area contributed by atoms with Crippen molar-refractivity contribution in [3.8, 4) is 0 Å². The standard InChI is InChI=1S/C16H16FN3O5/c17-12-13(18)10(8-24-15(22)9-4-2-1-3-5-9)25-14(12)20-7-6-11(21)19-16(20)23/h1-7,10,12-14H,8,18H2,(H,19,21,23)/t10-,12?,13?,14-/m0/s1. The second-order valence-electron chi connectivity index (χ2n) is 5.57. The molecule has 1 fully saturated rings. The number of alkyl halides is 1. The number of esters is 1. The van der Waals surface area contributed by atoms with Crippen molar-refractivity contribution in [3.63, 3.8) is 0 Å². The van der Waals surface area contributed by atoms with Crippen molar-refractivity contribution in [2.75, 3.05) is 6.61 Å². The number of nitrogens with zero attached hydrogens (tertiary/aromatic N) is 1. The minimum absolute atomic E-state index is 0.260. The number of aromatic nitrogens is 2. The highest BCUT2D eigenvalue weighted by molar-refractivity contribution is 5.89. The smallest absolute Gasteiger partial charge is 0.338 e. The molecule has 9 heteroatoms. The van der Waals surface area contributed by atoms with Crippen LogP contribution in [0.1, 0.15) is 16.6 Å². The van der Waals surface area contributed by atoms with E-state index in [1.165, 1.54) is 0 Å². The lowest BCUT2D eigenvalue weighted by atomic mass is 10.1. The molecule has 0 radical (unpaired) electrons. The van der Waals surface area contributed by atoms with Crippen LogP contribution in [-0.4, -0.2) is 40.4 Å². The number of nitrogens with one attached hydrogen (secondary N) is 1. The van der Waals surface area contributed by atoms with Gasteiger partial charge in [0.25, 0.3) is 5.56 Å². The maximum Gasteiger partial charge on any atom is 0.338 e. The summed E-state index contributed by atoms with van der Waals surface area (Å²) in [7, 11) is 0. The Hall–Kier alpha value is -2.78. The zero-order valence-corrected chi connectivity index (χ0v) is 13.0.